The maximum atomic E-state index is 6.37. The maximum absolute atomic E-state index is 6.37. The molecule has 3 aromatic rings. The molecule has 3 aromatic carbocycles. The summed E-state index contributed by atoms with van der Waals surface area (Å²) in [7, 11) is 0. The fourth-order valence-electron chi connectivity index (χ4n) is 3.74. The molecular weight excluding hydrogens is 384 g/mol. The van der Waals surface area contributed by atoms with Gasteiger partial charge in [0.1, 0.15) is 18.3 Å². The molecule has 1 aliphatic rings. The molecule has 3 heteroatoms. The van der Waals surface area contributed by atoms with Crippen LogP contribution in [0.2, 0.25) is 0 Å². The van der Waals surface area contributed by atoms with E-state index in [1.165, 1.54) is 0 Å². The summed E-state index contributed by atoms with van der Waals surface area (Å²) < 4.78 is 19.0. The van der Waals surface area contributed by atoms with Crippen LogP contribution in [0.15, 0.2) is 115 Å². The molecule has 0 bridgehead atoms. The van der Waals surface area contributed by atoms with Gasteiger partial charge in [-0.15, -0.1) is 0 Å². The van der Waals surface area contributed by atoms with Gasteiger partial charge in [0.15, 0.2) is 0 Å². The van der Waals surface area contributed by atoms with Crippen LogP contribution >= 0.6 is 0 Å². The van der Waals surface area contributed by atoms with Crippen molar-refractivity contribution in [1.29, 1.82) is 0 Å². The van der Waals surface area contributed by atoms with Crippen LogP contribution in [-0.2, 0) is 34.0 Å². The minimum absolute atomic E-state index is 0.210. The number of hydrogen-bond donors (Lipinski definition) is 0. The summed E-state index contributed by atoms with van der Waals surface area (Å²) in [6.45, 7) is 5.52. The summed E-state index contributed by atoms with van der Waals surface area (Å²) in [5, 5.41) is 0. The second-order valence-corrected chi connectivity index (χ2v) is 7.61. The molecule has 0 saturated heterocycles. The second-order valence-electron chi connectivity index (χ2n) is 7.61. The van der Waals surface area contributed by atoms with E-state index in [4.69, 9.17) is 14.2 Å². The topological polar surface area (TPSA) is 27.7 Å². The third kappa shape index (κ3) is 5.80. The lowest BCUT2D eigenvalue weighted by molar-refractivity contribution is -0.115. The van der Waals surface area contributed by atoms with Crippen LogP contribution in [0.25, 0.3) is 0 Å². The summed E-state index contributed by atoms with van der Waals surface area (Å²) in [4.78, 5) is 0. The molecule has 1 aliphatic carbocycles. The Labute approximate surface area is 184 Å². The van der Waals surface area contributed by atoms with Crippen molar-refractivity contribution in [3.63, 3.8) is 0 Å². The zero-order valence-corrected chi connectivity index (χ0v) is 17.6. The van der Waals surface area contributed by atoms with Gasteiger partial charge in [0.25, 0.3) is 0 Å². The molecule has 0 spiro atoms. The van der Waals surface area contributed by atoms with Crippen molar-refractivity contribution in [3.05, 3.63) is 132 Å². The summed E-state index contributed by atoms with van der Waals surface area (Å²) in [6.07, 6.45) is 3.24. The van der Waals surface area contributed by atoms with Crippen molar-refractivity contribution in [2.45, 2.75) is 38.1 Å². The molecule has 0 fully saturated rings. The highest BCUT2D eigenvalue weighted by atomic mass is 16.6. The van der Waals surface area contributed by atoms with E-state index in [0.29, 0.717) is 19.8 Å². The Morgan fingerprint density at radius 3 is 1.55 bits per heavy atom. The normalized spacial score (nSPS) is 20.4. The van der Waals surface area contributed by atoms with Crippen molar-refractivity contribution in [2.24, 2.45) is 0 Å². The number of rotatable bonds is 10. The molecule has 0 aromatic heterocycles. The molecular formula is C28H28O3. The fraction of sp³-hybridized carbons (Fsp3) is 0.214. The van der Waals surface area contributed by atoms with Gasteiger partial charge in [-0.05, 0) is 28.3 Å². The summed E-state index contributed by atoms with van der Waals surface area (Å²) >= 11 is 0. The molecule has 31 heavy (non-hydrogen) atoms. The largest absolute Gasteiger partial charge is 0.367 e. The van der Waals surface area contributed by atoms with Crippen LogP contribution in [0.5, 0.6) is 0 Å². The predicted molar refractivity (Wildman–Crippen MR) is 123 cm³/mol. The highest BCUT2D eigenvalue weighted by Gasteiger charge is 2.38. The molecule has 3 nitrogen and oxygen atoms in total. The molecule has 0 saturated carbocycles. The molecule has 0 aliphatic heterocycles. The lowest BCUT2D eigenvalue weighted by Gasteiger charge is -2.27. The molecule has 3 atom stereocenters. The van der Waals surface area contributed by atoms with E-state index in [1.54, 1.807) is 0 Å². The van der Waals surface area contributed by atoms with Crippen LogP contribution in [0, 0.1) is 0 Å². The Kier molecular flexibility index (Phi) is 7.46. The van der Waals surface area contributed by atoms with E-state index in [2.05, 4.69) is 49.1 Å². The van der Waals surface area contributed by atoms with Gasteiger partial charge >= 0.3 is 0 Å². The maximum Gasteiger partial charge on any atom is 0.118 e. The Morgan fingerprint density at radius 1 is 0.613 bits per heavy atom. The lowest BCUT2D eigenvalue weighted by Crippen LogP contribution is -2.37. The molecule has 0 unspecified atom stereocenters. The van der Waals surface area contributed by atoms with Gasteiger partial charge in [-0.1, -0.05) is 104 Å². The first-order valence-electron chi connectivity index (χ1n) is 10.6. The summed E-state index contributed by atoms with van der Waals surface area (Å²) in [6, 6.07) is 30.5. The predicted octanol–water partition coefficient (Wildman–Crippen LogP) is 5.87. The Balaban J connectivity index is 1.48. The first-order chi connectivity index (χ1) is 15.3. The number of ether oxygens (including phenoxy) is 3. The van der Waals surface area contributed by atoms with Crippen LogP contribution in [0.3, 0.4) is 0 Å². The number of hydrogen-bond acceptors (Lipinski definition) is 3. The number of benzene rings is 3. The van der Waals surface area contributed by atoms with E-state index >= 15 is 0 Å². The van der Waals surface area contributed by atoms with E-state index in [9.17, 15) is 0 Å². The SMILES string of the molecule is C=CC1=C[C@@H](OCc2ccccc2)[C@@H](OCc2ccccc2)[C@H]1OCc1ccccc1. The summed E-state index contributed by atoms with van der Waals surface area (Å²) in [5.41, 5.74) is 4.39. The molecule has 0 heterocycles. The highest BCUT2D eigenvalue weighted by Crippen LogP contribution is 2.31. The fourth-order valence-corrected chi connectivity index (χ4v) is 3.74. The monoisotopic (exact) mass is 412 g/mol. The van der Waals surface area contributed by atoms with Gasteiger partial charge in [-0.2, -0.15) is 0 Å². The molecule has 0 N–H and O–H groups in total. The highest BCUT2D eigenvalue weighted by molar-refractivity contribution is 5.32. The smallest absolute Gasteiger partial charge is 0.118 e. The lowest BCUT2D eigenvalue weighted by atomic mass is 10.1. The Hall–Kier alpha value is -2.98. The van der Waals surface area contributed by atoms with Gasteiger partial charge in [-0.25, -0.2) is 0 Å². The van der Waals surface area contributed by atoms with Crippen LogP contribution < -0.4 is 0 Å². The quantitative estimate of drug-likeness (QED) is 0.417. The Bertz CT molecular complexity index is 967. The van der Waals surface area contributed by atoms with Crippen molar-refractivity contribution >= 4 is 0 Å². The average Bonchev–Trinajstić information content (AvgIpc) is 3.18. The zero-order chi connectivity index (χ0) is 21.3. The van der Waals surface area contributed by atoms with Gasteiger partial charge < -0.3 is 14.2 Å². The van der Waals surface area contributed by atoms with E-state index < -0.39 is 0 Å². The molecule has 158 valence electrons. The van der Waals surface area contributed by atoms with E-state index in [-0.39, 0.29) is 18.3 Å². The third-order valence-electron chi connectivity index (χ3n) is 5.39. The van der Waals surface area contributed by atoms with Crippen molar-refractivity contribution in [1.82, 2.24) is 0 Å². The van der Waals surface area contributed by atoms with Crippen molar-refractivity contribution in [2.75, 3.05) is 0 Å². The summed E-state index contributed by atoms with van der Waals surface area (Å²) in [5.74, 6) is 0. The van der Waals surface area contributed by atoms with Crippen molar-refractivity contribution in [3.8, 4) is 0 Å². The van der Waals surface area contributed by atoms with Gasteiger partial charge in [-0.3, -0.25) is 0 Å². The van der Waals surface area contributed by atoms with Crippen LogP contribution in [0.4, 0.5) is 0 Å². The zero-order valence-electron chi connectivity index (χ0n) is 17.6. The Morgan fingerprint density at radius 2 is 1.06 bits per heavy atom. The molecule has 0 amide bonds. The first-order valence-corrected chi connectivity index (χ1v) is 10.6. The van der Waals surface area contributed by atoms with Gasteiger partial charge in [0.05, 0.1) is 19.8 Å². The van der Waals surface area contributed by atoms with E-state index in [0.717, 1.165) is 22.3 Å². The van der Waals surface area contributed by atoms with E-state index in [1.807, 2.05) is 60.7 Å². The molecule has 0 radical (unpaired) electrons. The standard InChI is InChI=1S/C28H28O3/c1-2-25-18-26(29-19-22-12-6-3-7-13-22)28(31-21-24-16-10-5-11-17-24)27(25)30-20-23-14-8-4-9-15-23/h2-18,26-28H,1,19-21H2/t26-,27+,28-/m1/s1. The minimum Gasteiger partial charge on any atom is -0.367 e. The van der Waals surface area contributed by atoms with Crippen LogP contribution in [-0.4, -0.2) is 18.3 Å². The minimum atomic E-state index is -0.249. The second kappa shape index (κ2) is 10.9. The van der Waals surface area contributed by atoms with Crippen molar-refractivity contribution < 1.29 is 14.2 Å². The van der Waals surface area contributed by atoms with Gasteiger partial charge in [0.2, 0.25) is 0 Å². The average molecular weight is 413 g/mol. The first kappa shape index (κ1) is 21.3. The third-order valence-corrected chi connectivity index (χ3v) is 5.39. The molecule has 4 rings (SSSR count). The van der Waals surface area contributed by atoms with Gasteiger partial charge in [0, 0.05) is 0 Å². The van der Waals surface area contributed by atoms with Crippen LogP contribution in [0.1, 0.15) is 16.7 Å².